The number of nitrogens with zero attached hydrogens (tertiary/aromatic N) is 1. The molecule has 0 aromatic heterocycles. The van der Waals surface area contributed by atoms with E-state index in [1.807, 2.05) is 0 Å². The van der Waals surface area contributed by atoms with E-state index in [9.17, 15) is 8.42 Å². The highest BCUT2D eigenvalue weighted by Gasteiger charge is 2.48. The summed E-state index contributed by atoms with van der Waals surface area (Å²) in [6, 6.07) is 6.74. The first-order valence-electron chi connectivity index (χ1n) is 4.09. The highest BCUT2D eigenvalue weighted by molar-refractivity contribution is 8.16. The summed E-state index contributed by atoms with van der Waals surface area (Å²) in [6.45, 7) is 0. The van der Waals surface area contributed by atoms with Crippen LogP contribution < -0.4 is 5.32 Å². The lowest BCUT2D eigenvalue weighted by Gasteiger charge is -2.28. The second kappa shape index (κ2) is 3.77. The van der Waals surface area contributed by atoms with Gasteiger partial charge in [-0.15, -0.1) is 0 Å². The van der Waals surface area contributed by atoms with Crippen LogP contribution in [0.25, 0.3) is 0 Å². The van der Waals surface area contributed by atoms with Crippen molar-refractivity contribution >= 4 is 59.5 Å². The summed E-state index contributed by atoms with van der Waals surface area (Å²) in [5.74, 6) is 0. The number of rotatable bonds is 1. The fourth-order valence-electron chi connectivity index (χ4n) is 1.24. The average Bonchev–Trinajstić information content (AvgIpc) is 2.18. The van der Waals surface area contributed by atoms with Gasteiger partial charge < -0.3 is 5.32 Å². The van der Waals surface area contributed by atoms with Crippen LogP contribution in [0.4, 0.5) is 11.4 Å². The molecule has 8 heteroatoms. The van der Waals surface area contributed by atoms with Gasteiger partial charge >= 0.3 is 0 Å². The van der Waals surface area contributed by atoms with Crippen LogP contribution in [-0.4, -0.2) is 17.9 Å². The zero-order chi connectivity index (χ0) is 12.0. The molecular formula is C8H5Cl3N2O2S. The number of halogens is 3. The van der Waals surface area contributed by atoms with E-state index in [0.29, 0.717) is 11.4 Å². The fraction of sp³-hybridized carbons (Fsp3) is 0.125. The van der Waals surface area contributed by atoms with Crippen LogP contribution in [0.2, 0.25) is 0 Å². The van der Waals surface area contributed by atoms with Crippen LogP contribution in [0, 0.1) is 0 Å². The van der Waals surface area contributed by atoms with Crippen LogP contribution in [0.3, 0.4) is 0 Å². The molecule has 1 N–H and O–H groups in total. The van der Waals surface area contributed by atoms with E-state index in [0.717, 1.165) is 0 Å². The van der Waals surface area contributed by atoms with E-state index >= 15 is 0 Å². The Morgan fingerprint density at radius 3 is 2.56 bits per heavy atom. The van der Waals surface area contributed by atoms with Crippen LogP contribution in [0.1, 0.15) is 0 Å². The lowest BCUT2D eigenvalue weighted by molar-refractivity contribution is 0.604. The molecule has 1 heterocycles. The van der Waals surface area contributed by atoms with E-state index in [-0.39, 0.29) is 5.17 Å². The number of anilines is 1. The summed E-state index contributed by atoms with van der Waals surface area (Å²) in [6.07, 6.45) is 0. The largest absolute Gasteiger partial charge is 0.346 e. The standard InChI is InChI=1S/C8H5Cl3N2O2S/c9-7-8(10,16(11,14)15)13-6-4-2-1-3-5(6)12-7/h1-4,13H. The van der Waals surface area contributed by atoms with Crippen molar-refractivity contribution in [3.8, 4) is 0 Å². The number of benzene rings is 1. The molecule has 1 aromatic carbocycles. The normalized spacial score (nSPS) is 24.3. The number of aliphatic imine (C=N–C) groups is 1. The highest BCUT2D eigenvalue weighted by Crippen LogP contribution is 2.40. The van der Waals surface area contributed by atoms with Gasteiger partial charge in [-0.1, -0.05) is 35.3 Å². The van der Waals surface area contributed by atoms with Crippen molar-refractivity contribution in [2.24, 2.45) is 4.99 Å². The third kappa shape index (κ3) is 1.78. The Hall–Kier alpha value is -0.490. The molecule has 0 radical (unpaired) electrons. The first kappa shape index (κ1) is 12.0. The Morgan fingerprint density at radius 2 is 1.94 bits per heavy atom. The molecule has 0 bridgehead atoms. The van der Waals surface area contributed by atoms with Gasteiger partial charge in [-0.05, 0) is 12.1 Å². The van der Waals surface area contributed by atoms with Gasteiger partial charge in [0, 0.05) is 10.7 Å². The molecule has 0 aliphatic carbocycles. The van der Waals surface area contributed by atoms with E-state index in [4.69, 9.17) is 33.9 Å². The Kier molecular flexibility index (Phi) is 2.82. The number of hydrogen-bond acceptors (Lipinski definition) is 4. The number of nitrogens with one attached hydrogen (secondary N) is 1. The third-order valence-electron chi connectivity index (χ3n) is 2.02. The van der Waals surface area contributed by atoms with Gasteiger partial charge in [-0.2, -0.15) is 0 Å². The van der Waals surface area contributed by atoms with E-state index in [1.54, 1.807) is 24.3 Å². The third-order valence-corrected chi connectivity index (χ3v) is 5.38. The maximum absolute atomic E-state index is 11.3. The molecule has 0 amide bonds. The quantitative estimate of drug-likeness (QED) is 0.493. The maximum atomic E-state index is 11.3. The number of alkyl halides is 1. The van der Waals surface area contributed by atoms with Crippen LogP contribution in [0.15, 0.2) is 29.3 Å². The monoisotopic (exact) mass is 298 g/mol. The molecule has 1 aliphatic rings. The molecule has 0 spiro atoms. The molecule has 1 aromatic rings. The summed E-state index contributed by atoms with van der Waals surface area (Å²) in [5, 5.41) is 2.22. The molecule has 0 fully saturated rings. The predicted molar refractivity (Wildman–Crippen MR) is 66.4 cm³/mol. The Balaban J connectivity index is 2.61. The molecule has 1 aliphatic heterocycles. The number of para-hydroxylation sites is 2. The van der Waals surface area contributed by atoms with Gasteiger partial charge in [0.25, 0.3) is 13.4 Å². The number of hydrogen-bond donors (Lipinski definition) is 1. The van der Waals surface area contributed by atoms with Crippen molar-refractivity contribution in [2.75, 3.05) is 5.32 Å². The zero-order valence-corrected chi connectivity index (χ0v) is 10.7. The first-order chi connectivity index (χ1) is 7.34. The molecule has 1 atom stereocenters. The van der Waals surface area contributed by atoms with E-state index in [1.165, 1.54) is 0 Å². The van der Waals surface area contributed by atoms with Crippen molar-refractivity contribution in [1.82, 2.24) is 0 Å². The lowest BCUT2D eigenvalue weighted by atomic mass is 10.2. The van der Waals surface area contributed by atoms with Crippen molar-refractivity contribution in [1.29, 1.82) is 0 Å². The topological polar surface area (TPSA) is 58.5 Å². The van der Waals surface area contributed by atoms with E-state index in [2.05, 4.69) is 10.3 Å². The van der Waals surface area contributed by atoms with Gasteiger partial charge in [0.05, 0.1) is 11.4 Å². The first-order valence-corrected chi connectivity index (χ1v) is 7.16. The Labute approximate surface area is 107 Å². The Bertz CT molecular complexity index is 572. The van der Waals surface area contributed by atoms with Crippen LogP contribution in [-0.2, 0) is 9.05 Å². The second-order valence-corrected chi connectivity index (χ2v) is 6.93. The predicted octanol–water partition coefficient (Wildman–Crippen LogP) is 2.84. The second-order valence-electron chi connectivity index (χ2n) is 3.08. The van der Waals surface area contributed by atoms with Gasteiger partial charge in [-0.3, -0.25) is 0 Å². The van der Waals surface area contributed by atoms with Crippen molar-refractivity contribution in [3.63, 3.8) is 0 Å². The van der Waals surface area contributed by atoms with Crippen molar-refractivity contribution < 1.29 is 8.42 Å². The maximum Gasteiger partial charge on any atom is 0.283 e. The molecule has 4 nitrogen and oxygen atoms in total. The van der Waals surface area contributed by atoms with Gasteiger partial charge in [0.15, 0.2) is 5.17 Å². The molecule has 16 heavy (non-hydrogen) atoms. The summed E-state index contributed by atoms with van der Waals surface area (Å²) in [4.78, 5) is 3.89. The molecule has 1 unspecified atom stereocenters. The molecule has 0 saturated carbocycles. The molecule has 0 saturated heterocycles. The Morgan fingerprint density at radius 1 is 1.31 bits per heavy atom. The number of fused-ring (bicyclic) bond motifs is 1. The molecule has 86 valence electrons. The smallest absolute Gasteiger partial charge is 0.283 e. The SMILES string of the molecule is O=S(=O)(Cl)C1(Cl)Nc2ccccc2N=C1Cl. The molecular weight excluding hydrogens is 295 g/mol. The van der Waals surface area contributed by atoms with Crippen LogP contribution in [0.5, 0.6) is 0 Å². The summed E-state index contributed by atoms with van der Waals surface area (Å²) < 4.78 is 20.6. The summed E-state index contributed by atoms with van der Waals surface area (Å²) >= 11 is 11.6. The van der Waals surface area contributed by atoms with Gasteiger partial charge in [-0.25, -0.2) is 13.4 Å². The fourth-order valence-corrected chi connectivity index (χ4v) is 2.76. The highest BCUT2D eigenvalue weighted by atomic mass is 35.7. The van der Waals surface area contributed by atoms with Gasteiger partial charge in [0.1, 0.15) is 0 Å². The summed E-state index contributed by atoms with van der Waals surface area (Å²) in [7, 11) is 1.07. The van der Waals surface area contributed by atoms with E-state index < -0.39 is 13.4 Å². The van der Waals surface area contributed by atoms with Crippen molar-refractivity contribution in [3.05, 3.63) is 24.3 Å². The lowest BCUT2D eigenvalue weighted by Crippen LogP contribution is -2.45. The minimum Gasteiger partial charge on any atom is -0.346 e. The minimum absolute atomic E-state index is 0.331. The van der Waals surface area contributed by atoms with Crippen molar-refractivity contribution in [2.45, 2.75) is 4.33 Å². The van der Waals surface area contributed by atoms with Crippen LogP contribution >= 0.6 is 33.9 Å². The summed E-state index contributed by atoms with van der Waals surface area (Å²) in [5.41, 5.74) is 0.954. The molecule has 2 rings (SSSR count). The zero-order valence-electron chi connectivity index (χ0n) is 7.62. The minimum atomic E-state index is -4.15. The van der Waals surface area contributed by atoms with Gasteiger partial charge in [0.2, 0.25) is 0 Å². The average molecular weight is 300 g/mol.